The van der Waals surface area contributed by atoms with Crippen molar-refractivity contribution in [2.45, 2.75) is 13.5 Å². The molecule has 0 unspecified atom stereocenters. The minimum Gasteiger partial charge on any atom is -0.490 e. The zero-order valence-electron chi connectivity index (χ0n) is 16.8. The number of hydrazone groups is 1. The molecule has 5 nitrogen and oxygen atoms in total. The molecule has 0 bridgehead atoms. The summed E-state index contributed by atoms with van der Waals surface area (Å²) in [5.74, 6) is 1.18. The third-order valence-corrected chi connectivity index (χ3v) is 5.01. The molecule has 3 rings (SSSR count). The number of thiocarbonyl (C=S) groups is 1. The summed E-state index contributed by atoms with van der Waals surface area (Å²) in [5.41, 5.74) is 5.22. The standard InChI is InChI=1S/C23H21Cl2N3O2S/c1-2-29-22-13-16(14-26-28-23(31)27-17-7-4-3-5-8-17)11-12-21(22)30-15-18-19(24)9-6-10-20(18)25/h3-14H,2,15H2,1H3,(H2,27,28,31)/b26-14+. The Morgan fingerprint density at radius 2 is 1.71 bits per heavy atom. The van der Waals surface area contributed by atoms with Gasteiger partial charge in [0.15, 0.2) is 16.6 Å². The molecule has 160 valence electrons. The third kappa shape index (κ3) is 6.85. The maximum Gasteiger partial charge on any atom is 0.191 e. The van der Waals surface area contributed by atoms with Gasteiger partial charge in [-0.1, -0.05) is 47.5 Å². The molecule has 0 aromatic heterocycles. The van der Waals surface area contributed by atoms with Crippen LogP contribution in [0.25, 0.3) is 0 Å². The topological polar surface area (TPSA) is 54.9 Å². The Morgan fingerprint density at radius 3 is 2.42 bits per heavy atom. The predicted molar refractivity (Wildman–Crippen MR) is 132 cm³/mol. The van der Waals surface area contributed by atoms with E-state index < -0.39 is 0 Å². The molecule has 0 saturated heterocycles. The Morgan fingerprint density at radius 1 is 0.968 bits per heavy atom. The predicted octanol–water partition coefficient (Wildman–Crippen LogP) is 6.29. The van der Waals surface area contributed by atoms with E-state index in [1.165, 1.54) is 0 Å². The molecule has 31 heavy (non-hydrogen) atoms. The Kier molecular flexibility index (Phi) is 8.53. The summed E-state index contributed by atoms with van der Waals surface area (Å²) in [6.07, 6.45) is 1.65. The van der Waals surface area contributed by atoms with E-state index in [0.29, 0.717) is 33.3 Å². The van der Waals surface area contributed by atoms with Gasteiger partial charge in [-0.3, -0.25) is 5.43 Å². The van der Waals surface area contributed by atoms with Crippen molar-refractivity contribution < 1.29 is 9.47 Å². The smallest absolute Gasteiger partial charge is 0.191 e. The molecule has 0 atom stereocenters. The molecule has 0 spiro atoms. The van der Waals surface area contributed by atoms with Crippen LogP contribution in [-0.2, 0) is 6.61 Å². The van der Waals surface area contributed by atoms with Crippen LogP contribution in [-0.4, -0.2) is 17.9 Å². The third-order valence-electron chi connectivity index (χ3n) is 4.11. The van der Waals surface area contributed by atoms with Crippen molar-refractivity contribution in [2.75, 3.05) is 11.9 Å². The van der Waals surface area contributed by atoms with Gasteiger partial charge in [-0.05, 0) is 67.2 Å². The molecule has 3 aromatic rings. The van der Waals surface area contributed by atoms with Crippen LogP contribution in [0.5, 0.6) is 11.5 Å². The average Bonchev–Trinajstić information content (AvgIpc) is 2.75. The van der Waals surface area contributed by atoms with E-state index in [0.717, 1.165) is 16.8 Å². The Balaban J connectivity index is 1.64. The SMILES string of the molecule is CCOc1cc(/C=N/NC(=S)Nc2ccccc2)ccc1OCc1c(Cl)cccc1Cl. The maximum absolute atomic E-state index is 6.22. The Hall–Kier alpha value is -2.80. The Labute approximate surface area is 197 Å². The van der Waals surface area contributed by atoms with Gasteiger partial charge in [-0.2, -0.15) is 5.10 Å². The van der Waals surface area contributed by atoms with Gasteiger partial charge in [0.25, 0.3) is 0 Å². The minimum absolute atomic E-state index is 0.229. The van der Waals surface area contributed by atoms with E-state index >= 15 is 0 Å². The summed E-state index contributed by atoms with van der Waals surface area (Å²) in [6, 6.07) is 20.5. The average molecular weight is 474 g/mol. The van der Waals surface area contributed by atoms with E-state index in [2.05, 4.69) is 15.8 Å². The van der Waals surface area contributed by atoms with Crippen molar-refractivity contribution in [1.82, 2.24) is 5.43 Å². The number of ether oxygens (including phenoxy) is 2. The van der Waals surface area contributed by atoms with Crippen molar-refractivity contribution in [3.8, 4) is 11.5 Å². The molecule has 0 aliphatic rings. The van der Waals surface area contributed by atoms with Gasteiger partial charge in [0.2, 0.25) is 0 Å². The molecule has 3 aromatic carbocycles. The number of nitrogens with zero attached hydrogens (tertiary/aromatic N) is 1. The van der Waals surface area contributed by atoms with Crippen molar-refractivity contribution >= 4 is 52.4 Å². The van der Waals surface area contributed by atoms with Gasteiger partial charge in [0.05, 0.1) is 12.8 Å². The molecule has 0 saturated carbocycles. The van der Waals surface area contributed by atoms with Gasteiger partial charge < -0.3 is 14.8 Å². The fraction of sp³-hybridized carbons (Fsp3) is 0.130. The first-order chi connectivity index (χ1) is 15.1. The quantitative estimate of drug-likeness (QED) is 0.228. The lowest BCUT2D eigenvalue weighted by Crippen LogP contribution is -2.23. The number of rotatable bonds is 8. The molecule has 0 radical (unpaired) electrons. The molecular weight excluding hydrogens is 453 g/mol. The lowest BCUT2D eigenvalue weighted by molar-refractivity contribution is 0.269. The minimum atomic E-state index is 0.229. The van der Waals surface area contributed by atoms with Crippen molar-refractivity contribution in [1.29, 1.82) is 0 Å². The van der Waals surface area contributed by atoms with Crippen LogP contribution in [0.2, 0.25) is 10.0 Å². The lowest BCUT2D eigenvalue weighted by atomic mass is 10.2. The fourth-order valence-electron chi connectivity index (χ4n) is 2.66. The first-order valence-electron chi connectivity index (χ1n) is 9.54. The normalized spacial score (nSPS) is 10.7. The summed E-state index contributed by atoms with van der Waals surface area (Å²) >= 11 is 17.7. The van der Waals surface area contributed by atoms with E-state index in [1.54, 1.807) is 24.4 Å². The van der Waals surface area contributed by atoms with Gasteiger partial charge >= 0.3 is 0 Å². The van der Waals surface area contributed by atoms with Gasteiger partial charge in [0.1, 0.15) is 6.61 Å². The van der Waals surface area contributed by atoms with E-state index in [-0.39, 0.29) is 6.61 Å². The van der Waals surface area contributed by atoms with Gasteiger partial charge in [-0.15, -0.1) is 0 Å². The zero-order chi connectivity index (χ0) is 22.1. The molecule has 0 aliphatic carbocycles. The number of hydrogen-bond donors (Lipinski definition) is 2. The van der Waals surface area contributed by atoms with Crippen molar-refractivity contribution in [3.05, 3.63) is 87.9 Å². The van der Waals surface area contributed by atoms with Crippen LogP contribution >= 0.6 is 35.4 Å². The molecule has 0 fully saturated rings. The number of anilines is 1. The first-order valence-corrected chi connectivity index (χ1v) is 10.7. The summed E-state index contributed by atoms with van der Waals surface area (Å²) in [6.45, 7) is 2.63. The number of nitrogens with one attached hydrogen (secondary N) is 2. The van der Waals surface area contributed by atoms with Crippen LogP contribution < -0.4 is 20.2 Å². The van der Waals surface area contributed by atoms with Gasteiger partial charge in [-0.25, -0.2) is 0 Å². The second-order valence-corrected chi connectivity index (χ2v) is 7.54. The molecule has 8 heteroatoms. The lowest BCUT2D eigenvalue weighted by Gasteiger charge is -2.14. The number of benzene rings is 3. The zero-order valence-corrected chi connectivity index (χ0v) is 19.1. The highest BCUT2D eigenvalue weighted by atomic mass is 35.5. The van der Waals surface area contributed by atoms with Crippen LogP contribution in [0.3, 0.4) is 0 Å². The van der Waals surface area contributed by atoms with E-state index in [9.17, 15) is 0 Å². The van der Waals surface area contributed by atoms with Crippen LogP contribution in [0.15, 0.2) is 71.8 Å². The molecule has 0 amide bonds. The highest BCUT2D eigenvalue weighted by Crippen LogP contribution is 2.31. The Bertz CT molecular complexity index is 1040. The van der Waals surface area contributed by atoms with Gasteiger partial charge in [0, 0.05) is 21.3 Å². The number of hydrogen-bond acceptors (Lipinski definition) is 4. The maximum atomic E-state index is 6.22. The summed E-state index contributed by atoms with van der Waals surface area (Å²) in [4.78, 5) is 0. The van der Waals surface area contributed by atoms with E-state index in [4.69, 9.17) is 44.9 Å². The fourth-order valence-corrected chi connectivity index (χ4v) is 3.34. The summed E-state index contributed by atoms with van der Waals surface area (Å²) in [7, 11) is 0. The molecule has 2 N–H and O–H groups in total. The van der Waals surface area contributed by atoms with Crippen molar-refractivity contribution in [3.63, 3.8) is 0 Å². The summed E-state index contributed by atoms with van der Waals surface area (Å²) in [5, 5.41) is 8.73. The number of para-hydroxylation sites is 1. The van der Waals surface area contributed by atoms with Crippen LogP contribution in [0.4, 0.5) is 5.69 Å². The highest BCUT2D eigenvalue weighted by molar-refractivity contribution is 7.80. The molecule has 0 heterocycles. The van der Waals surface area contributed by atoms with E-state index in [1.807, 2.05) is 55.5 Å². The first kappa shape index (κ1) is 22.9. The monoisotopic (exact) mass is 473 g/mol. The second-order valence-electron chi connectivity index (χ2n) is 6.32. The van der Waals surface area contributed by atoms with Crippen LogP contribution in [0, 0.1) is 0 Å². The number of halogens is 2. The summed E-state index contributed by atoms with van der Waals surface area (Å²) < 4.78 is 11.6. The second kappa shape index (κ2) is 11.6. The largest absolute Gasteiger partial charge is 0.490 e. The molecule has 0 aliphatic heterocycles. The highest BCUT2D eigenvalue weighted by Gasteiger charge is 2.10. The molecular formula is C23H21Cl2N3O2S. The van der Waals surface area contributed by atoms with Crippen LogP contribution in [0.1, 0.15) is 18.1 Å². The van der Waals surface area contributed by atoms with Crippen molar-refractivity contribution in [2.24, 2.45) is 5.10 Å².